The highest BCUT2D eigenvalue weighted by molar-refractivity contribution is 7.47. The van der Waals surface area contributed by atoms with Gasteiger partial charge in [0.05, 0.1) is 19.8 Å². The van der Waals surface area contributed by atoms with Crippen LogP contribution >= 0.6 is 7.82 Å². The minimum absolute atomic E-state index is 0.0957. The van der Waals surface area contributed by atoms with Gasteiger partial charge in [-0.15, -0.1) is 0 Å². The summed E-state index contributed by atoms with van der Waals surface area (Å²) in [5, 5.41) is 0. The number of phosphoric ester groups is 1. The van der Waals surface area contributed by atoms with Gasteiger partial charge in [-0.2, -0.15) is 0 Å². The number of phosphoric acid groups is 1. The van der Waals surface area contributed by atoms with Crippen LogP contribution < -0.4 is 5.73 Å². The number of rotatable bonds is 41. The molecule has 2 unspecified atom stereocenters. The minimum Gasteiger partial charge on any atom is -0.457 e. The zero-order chi connectivity index (χ0) is 37.4. The number of nitrogens with two attached hydrogens (primary N) is 1. The van der Waals surface area contributed by atoms with E-state index in [2.05, 4.69) is 38.2 Å². The zero-order valence-electron chi connectivity index (χ0n) is 33.3. The second-order valence-electron chi connectivity index (χ2n) is 14.2. The third kappa shape index (κ3) is 40.0. The van der Waals surface area contributed by atoms with E-state index in [-0.39, 0.29) is 32.3 Å². The van der Waals surface area contributed by atoms with Crippen molar-refractivity contribution >= 4 is 13.8 Å². The Morgan fingerprint density at radius 1 is 0.588 bits per heavy atom. The van der Waals surface area contributed by atoms with Gasteiger partial charge in [0.25, 0.3) is 0 Å². The molecule has 0 aliphatic rings. The van der Waals surface area contributed by atoms with Gasteiger partial charge >= 0.3 is 13.8 Å². The largest absolute Gasteiger partial charge is 0.472 e. The summed E-state index contributed by atoms with van der Waals surface area (Å²) in [4.78, 5) is 22.5. The fourth-order valence-electron chi connectivity index (χ4n) is 5.95. The van der Waals surface area contributed by atoms with Gasteiger partial charge in [0.1, 0.15) is 6.10 Å². The van der Waals surface area contributed by atoms with Gasteiger partial charge in [-0.3, -0.25) is 13.8 Å². The molecule has 0 aliphatic carbocycles. The van der Waals surface area contributed by atoms with Crippen LogP contribution in [0.5, 0.6) is 0 Å². The van der Waals surface area contributed by atoms with Crippen molar-refractivity contribution < 1.29 is 32.8 Å². The van der Waals surface area contributed by atoms with E-state index in [9.17, 15) is 14.3 Å². The van der Waals surface area contributed by atoms with E-state index in [1.807, 2.05) is 0 Å². The van der Waals surface area contributed by atoms with Crippen molar-refractivity contribution in [2.45, 2.75) is 206 Å². The maximum absolute atomic E-state index is 12.6. The molecule has 0 spiro atoms. The monoisotopic (exact) mass is 744 g/mol. The van der Waals surface area contributed by atoms with Crippen LogP contribution in [-0.4, -0.2) is 49.9 Å². The first-order valence-corrected chi connectivity index (χ1v) is 22.8. The number of unbranched alkanes of at least 4 members (excludes halogenated alkanes) is 24. The molecule has 0 rings (SSSR count). The number of hydrogen-bond donors (Lipinski definition) is 2. The Balaban J connectivity index is 4.02. The van der Waals surface area contributed by atoms with E-state index in [0.717, 1.165) is 44.9 Å². The lowest BCUT2D eigenvalue weighted by Crippen LogP contribution is -2.28. The first kappa shape index (κ1) is 50.0. The quantitative estimate of drug-likeness (QED) is 0.0275. The molecule has 0 aromatic carbocycles. The fourth-order valence-corrected chi connectivity index (χ4v) is 6.72. The molecule has 0 saturated carbocycles. The Kier molecular flexibility index (Phi) is 39.4. The van der Waals surface area contributed by atoms with Crippen LogP contribution in [0.1, 0.15) is 200 Å². The molecule has 0 fully saturated rings. The van der Waals surface area contributed by atoms with Crippen LogP contribution in [0.3, 0.4) is 0 Å². The van der Waals surface area contributed by atoms with Gasteiger partial charge in [0, 0.05) is 19.6 Å². The minimum atomic E-state index is -4.27. The summed E-state index contributed by atoms with van der Waals surface area (Å²) in [5.74, 6) is -0.331. The van der Waals surface area contributed by atoms with E-state index in [0.29, 0.717) is 13.0 Å². The SMILES string of the molecule is CCCC/C=C\C/C=C\CCCCCCCCOCC(COP(=O)(O)OCCN)OC(=O)CCCCCCCCCCCCCCCCCCC. The second kappa shape index (κ2) is 40.2. The highest BCUT2D eigenvalue weighted by Gasteiger charge is 2.25. The van der Waals surface area contributed by atoms with Crippen LogP contribution in [0, 0.1) is 0 Å². The maximum Gasteiger partial charge on any atom is 0.472 e. The van der Waals surface area contributed by atoms with E-state index in [1.54, 1.807) is 0 Å². The van der Waals surface area contributed by atoms with E-state index >= 15 is 0 Å². The molecule has 3 N–H and O–H groups in total. The van der Waals surface area contributed by atoms with Gasteiger partial charge in [-0.05, 0) is 38.5 Å². The Morgan fingerprint density at radius 2 is 1.06 bits per heavy atom. The smallest absolute Gasteiger partial charge is 0.457 e. The number of hydrogen-bond acceptors (Lipinski definition) is 7. The summed E-state index contributed by atoms with van der Waals surface area (Å²) in [7, 11) is -4.27. The second-order valence-corrected chi connectivity index (χ2v) is 15.7. The van der Waals surface area contributed by atoms with Crippen LogP contribution in [-0.2, 0) is 27.9 Å². The Morgan fingerprint density at radius 3 is 1.59 bits per heavy atom. The van der Waals surface area contributed by atoms with E-state index in [1.165, 1.54) is 135 Å². The summed E-state index contributed by atoms with van der Waals surface area (Å²) >= 11 is 0. The highest BCUT2D eigenvalue weighted by atomic mass is 31.2. The molecule has 0 aliphatic heterocycles. The van der Waals surface area contributed by atoms with Crippen molar-refractivity contribution in [3.05, 3.63) is 24.3 Å². The molecule has 9 heteroatoms. The normalized spacial score (nSPS) is 13.7. The molecule has 0 aromatic heterocycles. The van der Waals surface area contributed by atoms with Gasteiger partial charge in [-0.1, -0.05) is 179 Å². The van der Waals surface area contributed by atoms with Crippen molar-refractivity contribution in [2.75, 3.05) is 33.0 Å². The third-order valence-corrected chi connectivity index (χ3v) is 10.1. The Bertz CT molecular complexity index is 838. The number of carbonyl (C=O) groups is 1. The van der Waals surface area contributed by atoms with Crippen molar-refractivity contribution in [3.63, 3.8) is 0 Å². The first-order valence-electron chi connectivity index (χ1n) is 21.3. The molecule has 0 bridgehead atoms. The molecule has 51 heavy (non-hydrogen) atoms. The third-order valence-electron chi connectivity index (χ3n) is 9.12. The van der Waals surface area contributed by atoms with Gasteiger partial charge < -0.3 is 20.1 Å². The molecule has 302 valence electrons. The van der Waals surface area contributed by atoms with Gasteiger partial charge in [-0.25, -0.2) is 4.57 Å². The molecule has 0 amide bonds. The van der Waals surface area contributed by atoms with Crippen molar-refractivity contribution in [1.29, 1.82) is 0 Å². The van der Waals surface area contributed by atoms with Crippen LogP contribution in [0.25, 0.3) is 0 Å². The summed E-state index contributed by atoms with van der Waals surface area (Å²) in [6.07, 6.45) is 43.3. The number of carbonyl (C=O) groups excluding carboxylic acids is 1. The number of allylic oxidation sites excluding steroid dienone is 4. The molecule has 0 heterocycles. The molecule has 0 aromatic rings. The lowest BCUT2D eigenvalue weighted by atomic mass is 10.0. The summed E-state index contributed by atoms with van der Waals surface area (Å²) in [5.41, 5.74) is 5.36. The van der Waals surface area contributed by atoms with Crippen LogP contribution in [0.15, 0.2) is 24.3 Å². The predicted molar refractivity (Wildman–Crippen MR) is 215 cm³/mol. The van der Waals surface area contributed by atoms with Crippen LogP contribution in [0.4, 0.5) is 0 Å². The Labute approximate surface area is 315 Å². The van der Waals surface area contributed by atoms with E-state index < -0.39 is 13.9 Å². The molecular weight excluding hydrogens is 661 g/mol. The number of esters is 1. The average Bonchev–Trinajstić information content (AvgIpc) is 3.12. The van der Waals surface area contributed by atoms with Crippen LogP contribution in [0.2, 0.25) is 0 Å². The summed E-state index contributed by atoms with van der Waals surface area (Å²) < 4.78 is 33.4. The topological polar surface area (TPSA) is 117 Å². The zero-order valence-corrected chi connectivity index (χ0v) is 34.2. The van der Waals surface area contributed by atoms with Gasteiger partial charge in [0.15, 0.2) is 0 Å². The van der Waals surface area contributed by atoms with Crippen molar-refractivity contribution in [1.82, 2.24) is 0 Å². The van der Waals surface area contributed by atoms with Crippen molar-refractivity contribution in [2.24, 2.45) is 5.73 Å². The Hall–Kier alpha value is -1.02. The molecule has 0 radical (unpaired) electrons. The molecule has 0 saturated heterocycles. The maximum atomic E-state index is 12.6. The van der Waals surface area contributed by atoms with Crippen molar-refractivity contribution in [3.8, 4) is 0 Å². The summed E-state index contributed by atoms with van der Waals surface area (Å²) in [6.45, 7) is 4.89. The predicted octanol–water partition coefficient (Wildman–Crippen LogP) is 12.5. The lowest BCUT2D eigenvalue weighted by molar-refractivity contribution is -0.154. The van der Waals surface area contributed by atoms with Gasteiger partial charge in [0.2, 0.25) is 0 Å². The molecule has 2 atom stereocenters. The lowest BCUT2D eigenvalue weighted by Gasteiger charge is -2.20. The van der Waals surface area contributed by atoms with E-state index in [4.69, 9.17) is 24.3 Å². The average molecular weight is 744 g/mol. The fraction of sp³-hybridized carbons (Fsp3) is 0.881. The summed E-state index contributed by atoms with van der Waals surface area (Å²) in [6, 6.07) is 0. The molecule has 8 nitrogen and oxygen atoms in total. The standard InChI is InChI=1S/C42H82NO7P/c1-3-5-7-9-11-13-15-17-19-20-21-23-25-27-29-31-33-35-42(44)50-41(40-49-51(45,46)48-38-36-43)39-47-37-34-32-30-28-26-24-22-18-16-14-12-10-8-6-4-2/h10,12,16,18,41H,3-9,11,13-15,17,19-40,43H2,1-2H3,(H,45,46)/b12-10-,18-16-. The highest BCUT2D eigenvalue weighted by Crippen LogP contribution is 2.43. The molecular formula is C42H82NO7P. The first-order chi connectivity index (χ1) is 24.9. The number of ether oxygens (including phenoxy) is 2.